The van der Waals surface area contributed by atoms with Gasteiger partial charge in [-0.05, 0) is 0 Å². The van der Waals surface area contributed by atoms with E-state index in [0.29, 0.717) is 18.8 Å². The van der Waals surface area contributed by atoms with Crippen LogP contribution in [-0.2, 0) is 6.54 Å². The van der Waals surface area contributed by atoms with E-state index in [9.17, 15) is 4.79 Å². The Morgan fingerprint density at radius 2 is 2.67 bits per heavy atom. The van der Waals surface area contributed by atoms with Crippen LogP contribution in [0.2, 0.25) is 0 Å². The van der Waals surface area contributed by atoms with Crippen LogP contribution in [0, 0.1) is 0 Å². The Morgan fingerprint density at radius 1 is 1.75 bits per heavy atom. The van der Waals surface area contributed by atoms with Gasteiger partial charge in [-0.1, -0.05) is 5.16 Å². The van der Waals surface area contributed by atoms with Gasteiger partial charge in [0, 0.05) is 19.2 Å². The molecule has 1 fully saturated rings. The molecule has 5 heteroatoms. The molecule has 2 heterocycles. The van der Waals surface area contributed by atoms with E-state index in [2.05, 4.69) is 10.5 Å². The molecule has 0 bridgehead atoms. The SMILES string of the molecule is O=C1NCCN1Cc1ccno1. The van der Waals surface area contributed by atoms with Crippen LogP contribution >= 0.6 is 0 Å². The minimum absolute atomic E-state index is 0.0357. The van der Waals surface area contributed by atoms with Crippen LogP contribution in [0.1, 0.15) is 5.76 Å². The summed E-state index contributed by atoms with van der Waals surface area (Å²) >= 11 is 0. The first-order chi connectivity index (χ1) is 5.86. The van der Waals surface area contributed by atoms with E-state index in [1.54, 1.807) is 17.2 Å². The number of rotatable bonds is 2. The lowest BCUT2D eigenvalue weighted by Gasteiger charge is -2.10. The summed E-state index contributed by atoms with van der Waals surface area (Å²) in [7, 11) is 0. The lowest BCUT2D eigenvalue weighted by molar-refractivity contribution is 0.209. The minimum atomic E-state index is -0.0357. The molecule has 0 aliphatic carbocycles. The highest BCUT2D eigenvalue weighted by Crippen LogP contribution is 2.05. The Bertz CT molecular complexity index is 270. The van der Waals surface area contributed by atoms with E-state index < -0.39 is 0 Å². The van der Waals surface area contributed by atoms with Crippen LogP contribution < -0.4 is 5.32 Å². The molecular weight excluding hydrogens is 158 g/mol. The molecule has 0 unspecified atom stereocenters. The van der Waals surface area contributed by atoms with Gasteiger partial charge in [-0.2, -0.15) is 0 Å². The zero-order chi connectivity index (χ0) is 8.39. The van der Waals surface area contributed by atoms with Crippen LogP contribution in [0.3, 0.4) is 0 Å². The van der Waals surface area contributed by atoms with Crippen molar-refractivity contribution in [2.24, 2.45) is 0 Å². The molecule has 1 N–H and O–H groups in total. The topological polar surface area (TPSA) is 58.4 Å². The number of hydrogen-bond acceptors (Lipinski definition) is 3. The number of hydrogen-bond donors (Lipinski definition) is 1. The average Bonchev–Trinajstić information content (AvgIpc) is 2.65. The van der Waals surface area contributed by atoms with E-state index in [-0.39, 0.29) is 6.03 Å². The number of aromatic nitrogens is 1. The quantitative estimate of drug-likeness (QED) is 0.684. The highest BCUT2D eigenvalue weighted by Gasteiger charge is 2.20. The lowest BCUT2D eigenvalue weighted by atomic mass is 10.4. The summed E-state index contributed by atoms with van der Waals surface area (Å²) in [6.07, 6.45) is 1.57. The number of amides is 2. The lowest BCUT2D eigenvalue weighted by Crippen LogP contribution is -2.27. The standard InChI is InChI=1S/C7H9N3O2/c11-7-8-3-4-10(7)5-6-1-2-9-12-6/h1-2H,3-5H2,(H,8,11). The average molecular weight is 167 g/mol. The van der Waals surface area contributed by atoms with Gasteiger partial charge >= 0.3 is 6.03 Å². The second-order valence-corrected chi connectivity index (χ2v) is 2.63. The predicted molar refractivity (Wildman–Crippen MR) is 40.3 cm³/mol. The van der Waals surface area contributed by atoms with Crippen molar-refractivity contribution >= 4 is 6.03 Å². The fraction of sp³-hybridized carbons (Fsp3) is 0.429. The van der Waals surface area contributed by atoms with Gasteiger partial charge in [0.05, 0.1) is 12.7 Å². The fourth-order valence-corrected chi connectivity index (χ4v) is 1.17. The molecule has 1 aliphatic rings. The highest BCUT2D eigenvalue weighted by molar-refractivity contribution is 5.76. The number of nitrogens with zero attached hydrogens (tertiary/aromatic N) is 2. The molecule has 1 aromatic rings. The number of urea groups is 1. The van der Waals surface area contributed by atoms with E-state index in [4.69, 9.17) is 4.52 Å². The van der Waals surface area contributed by atoms with Gasteiger partial charge < -0.3 is 14.7 Å². The van der Waals surface area contributed by atoms with Gasteiger partial charge in [-0.25, -0.2) is 4.79 Å². The molecule has 0 aromatic carbocycles. The van der Waals surface area contributed by atoms with E-state index in [0.717, 1.165) is 6.54 Å². The molecular formula is C7H9N3O2. The third kappa shape index (κ3) is 1.25. The second kappa shape index (κ2) is 2.84. The number of carbonyl (C=O) groups excluding carboxylic acids is 1. The van der Waals surface area contributed by atoms with Crippen LogP contribution in [-0.4, -0.2) is 29.2 Å². The summed E-state index contributed by atoms with van der Waals surface area (Å²) in [5.74, 6) is 0.715. The van der Waals surface area contributed by atoms with Crippen molar-refractivity contribution in [2.75, 3.05) is 13.1 Å². The van der Waals surface area contributed by atoms with Crippen molar-refractivity contribution in [1.82, 2.24) is 15.4 Å². The smallest absolute Gasteiger partial charge is 0.317 e. The normalized spacial score (nSPS) is 16.7. The molecule has 0 spiro atoms. The first kappa shape index (κ1) is 7.15. The second-order valence-electron chi connectivity index (χ2n) is 2.63. The predicted octanol–water partition coefficient (Wildman–Crippen LogP) is 0.200. The highest BCUT2D eigenvalue weighted by atomic mass is 16.5. The monoisotopic (exact) mass is 167 g/mol. The first-order valence-corrected chi connectivity index (χ1v) is 3.78. The maximum absolute atomic E-state index is 11.1. The fourth-order valence-electron chi connectivity index (χ4n) is 1.17. The van der Waals surface area contributed by atoms with Crippen LogP contribution in [0.25, 0.3) is 0 Å². The Hall–Kier alpha value is -1.52. The molecule has 0 atom stereocenters. The van der Waals surface area contributed by atoms with Crippen molar-refractivity contribution in [3.8, 4) is 0 Å². The molecule has 1 aromatic heterocycles. The summed E-state index contributed by atoms with van der Waals surface area (Å²) in [6.45, 7) is 1.96. The molecule has 0 saturated carbocycles. The first-order valence-electron chi connectivity index (χ1n) is 3.78. The summed E-state index contributed by atoms with van der Waals surface area (Å²) < 4.78 is 4.87. The van der Waals surface area contributed by atoms with E-state index in [1.165, 1.54) is 0 Å². The van der Waals surface area contributed by atoms with Gasteiger partial charge in [0.15, 0.2) is 5.76 Å². The maximum Gasteiger partial charge on any atom is 0.317 e. The zero-order valence-electron chi connectivity index (χ0n) is 6.49. The van der Waals surface area contributed by atoms with Gasteiger partial charge in [-0.15, -0.1) is 0 Å². The molecule has 1 aliphatic heterocycles. The molecule has 12 heavy (non-hydrogen) atoms. The largest absolute Gasteiger partial charge is 0.360 e. The third-order valence-corrected chi connectivity index (χ3v) is 1.78. The van der Waals surface area contributed by atoms with Crippen LogP contribution in [0.5, 0.6) is 0 Å². The van der Waals surface area contributed by atoms with Gasteiger partial charge in [-0.3, -0.25) is 0 Å². The van der Waals surface area contributed by atoms with Crippen molar-refractivity contribution < 1.29 is 9.32 Å². The molecule has 2 rings (SSSR count). The Kier molecular flexibility index (Phi) is 1.69. The molecule has 5 nitrogen and oxygen atoms in total. The van der Waals surface area contributed by atoms with E-state index in [1.807, 2.05) is 0 Å². The Balaban J connectivity index is 1.99. The summed E-state index contributed by atoms with van der Waals surface area (Å²) in [6, 6.07) is 1.72. The van der Waals surface area contributed by atoms with Crippen LogP contribution in [0.15, 0.2) is 16.8 Å². The Morgan fingerprint density at radius 3 is 3.25 bits per heavy atom. The summed E-state index contributed by atoms with van der Waals surface area (Å²) in [5.41, 5.74) is 0. The van der Waals surface area contributed by atoms with Gasteiger partial charge in [0.25, 0.3) is 0 Å². The molecule has 2 amide bonds. The summed E-state index contributed by atoms with van der Waals surface area (Å²) in [5, 5.41) is 6.26. The van der Waals surface area contributed by atoms with Crippen molar-refractivity contribution in [3.63, 3.8) is 0 Å². The van der Waals surface area contributed by atoms with E-state index >= 15 is 0 Å². The molecule has 1 saturated heterocycles. The maximum atomic E-state index is 11.1. The zero-order valence-corrected chi connectivity index (χ0v) is 6.49. The van der Waals surface area contributed by atoms with Crippen molar-refractivity contribution in [2.45, 2.75) is 6.54 Å². The minimum Gasteiger partial charge on any atom is -0.360 e. The van der Waals surface area contributed by atoms with Gasteiger partial charge in [0.1, 0.15) is 0 Å². The van der Waals surface area contributed by atoms with Gasteiger partial charge in [0.2, 0.25) is 0 Å². The van der Waals surface area contributed by atoms with Crippen LogP contribution in [0.4, 0.5) is 4.79 Å². The molecule has 64 valence electrons. The third-order valence-electron chi connectivity index (χ3n) is 1.78. The number of nitrogens with one attached hydrogen (secondary N) is 1. The van der Waals surface area contributed by atoms with Crippen molar-refractivity contribution in [3.05, 3.63) is 18.0 Å². The van der Waals surface area contributed by atoms with Crippen molar-refractivity contribution in [1.29, 1.82) is 0 Å². The molecule has 0 radical (unpaired) electrons. The Labute approximate surface area is 69.3 Å². The number of carbonyl (C=O) groups is 1. The summed E-state index contributed by atoms with van der Waals surface area (Å²) in [4.78, 5) is 12.7.